The summed E-state index contributed by atoms with van der Waals surface area (Å²) in [7, 11) is 0. The van der Waals surface area contributed by atoms with Gasteiger partial charge < -0.3 is 5.11 Å². The summed E-state index contributed by atoms with van der Waals surface area (Å²) in [6, 6.07) is 0. The van der Waals surface area contributed by atoms with Crippen LogP contribution in [0.2, 0.25) is 5.15 Å². The van der Waals surface area contributed by atoms with Crippen LogP contribution >= 0.6 is 11.6 Å². The minimum atomic E-state index is -0.965. The molecule has 0 fully saturated rings. The Morgan fingerprint density at radius 1 is 1.50 bits per heavy atom. The van der Waals surface area contributed by atoms with Crippen molar-refractivity contribution in [2.45, 2.75) is 6.42 Å². The summed E-state index contributed by atoms with van der Waals surface area (Å²) in [5.74, 6) is -0.965. The van der Waals surface area contributed by atoms with Crippen LogP contribution in [-0.4, -0.2) is 21.0 Å². The Bertz CT molecular complexity index is 282. The number of hydrogen-bond donors (Lipinski definition) is 1. The molecular weight excluding hydrogens is 191 g/mol. The van der Waals surface area contributed by atoms with Gasteiger partial charge in [-0.05, 0) is 0 Å². The maximum absolute atomic E-state index is 10.2. The van der Waals surface area contributed by atoms with Crippen LogP contribution in [-0.2, 0) is 11.2 Å². The Morgan fingerprint density at radius 2 is 2.08 bits per heavy atom. The molecule has 1 N–H and O–H groups in total. The summed E-state index contributed by atoms with van der Waals surface area (Å²) in [5, 5.41) is 8.51. The van der Waals surface area contributed by atoms with E-state index in [0.29, 0.717) is 5.69 Å². The van der Waals surface area contributed by atoms with Gasteiger partial charge >= 0.3 is 35.5 Å². The Morgan fingerprint density at radius 3 is 2.58 bits per heavy atom. The van der Waals surface area contributed by atoms with Crippen LogP contribution in [0.15, 0.2) is 12.4 Å². The molecule has 1 aromatic heterocycles. The van der Waals surface area contributed by atoms with Gasteiger partial charge in [-0.2, -0.15) is 0 Å². The van der Waals surface area contributed by atoms with Gasteiger partial charge in [0.25, 0.3) is 0 Å². The van der Waals surface area contributed by atoms with Crippen molar-refractivity contribution in [1.82, 2.24) is 9.97 Å². The average molecular weight is 196 g/mol. The SMILES string of the molecule is O=C(O)Cc1nccnc1Cl.[Na+]. The zero-order valence-electron chi connectivity index (χ0n) is 6.49. The number of carboxylic acid groups (broad SMARTS) is 1. The van der Waals surface area contributed by atoms with Crippen molar-refractivity contribution in [2.24, 2.45) is 0 Å². The Kier molecular flexibility index (Phi) is 5.41. The number of nitrogens with zero attached hydrogens (tertiary/aromatic N) is 2. The van der Waals surface area contributed by atoms with Crippen molar-refractivity contribution in [2.75, 3.05) is 0 Å². The molecule has 1 rings (SSSR count). The zero-order valence-corrected chi connectivity index (χ0v) is 9.25. The fourth-order valence-corrected chi connectivity index (χ4v) is 0.784. The van der Waals surface area contributed by atoms with Crippen LogP contribution in [0, 0.1) is 0 Å². The summed E-state index contributed by atoms with van der Waals surface area (Å²) in [5.41, 5.74) is 0.293. The molecule has 0 bridgehead atoms. The topological polar surface area (TPSA) is 63.1 Å². The van der Waals surface area contributed by atoms with E-state index in [1.54, 1.807) is 0 Å². The number of hydrogen-bond acceptors (Lipinski definition) is 3. The molecule has 4 nitrogen and oxygen atoms in total. The van der Waals surface area contributed by atoms with E-state index >= 15 is 0 Å². The van der Waals surface area contributed by atoms with Crippen molar-refractivity contribution in [3.8, 4) is 0 Å². The van der Waals surface area contributed by atoms with E-state index in [2.05, 4.69) is 9.97 Å². The second-order valence-corrected chi connectivity index (χ2v) is 2.22. The van der Waals surface area contributed by atoms with Crippen molar-refractivity contribution in [1.29, 1.82) is 0 Å². The smallest absolute Gasteiger partial charge is 0.481 e. The molecule has 0 aliphatic carbocycles. The number of aromatic nitrogens is 2. The molecule has 0 unspecified atom stereocenters. The third kappa shape index (κ3) is 3.49. The fraction of sp³-hybridized carbons (Fsp3) is 0.167. The second kappa shape index (κ2) is 5.48. The molecule has 0 aromatic carbocycles. The molecule has 0 saturated heterocycles. The van der Waals surface area contributed by atoms with E-state index in [1.165, 1.54) is 12.4 Å². The molecule has 1 heterocycles. The monoisotopic (exact) mass is 195 g/mol. The molecule has 0 aliphatic rings. The number of aliphatic carboxylic acids is 1. The number of rotatable bonds is 2. The Labute approximate surface area is 96.3 Å². The molecular formula is C6H5ClN2NaO2+. The van der Waals surface area contributed by atoms with Crippen LogP contribution in [0.4, 0.5) is 0 Å². The van der Waals surface area contributed by atoms with Crippen LogP contribution in [0.3, 0.4) is 0 Å². The molecule has 0 amide bonds. The van der Waals surface area contributed by atoms with Crippen molar-refractivity contribution >= 4 is 17.6 Å². The maximum Gasteiger partial charge on any atom is 1.00 e. The predicted molar refractivity (Wildman–Crippen MR) is 38.4 cm³/mol. The first-order valence-electron chi connectivity index (χ1n) is 2.87. The van der Waals surface area contributed by atoms with E-state index in [0.717, 1.165) is 0 Å². The third-order valence-electron chi connectivity index (χ3n) is 1.04. The van der Waals surface area contributed by atoms with Gasteiger partial charge in [0.15, 0.2) is 5.15 Å². The summed E-state index contributed by atoms with van der Waals surface area (Å²) in [4.78, 5) is 17.6. The molecule has 0 saturated carbocycles. The first-order valence-corrected chi connectivity index (χ1v) is 3.25. The molecule has 0 radical (unpaired) electrons. The van der Waals surface area contributed by atoms with Gasteiger partial charge in [0, 0.05) is 12.4 Å². The number of carbonyl (C=O) groups is 1. The Hall–Kier alpha value is -0.160. The number of halogens is 1. The predicted octanol–water partition coefficient (Wildman–Crippen LogP) is -2.24. The fourth-order valence-electron chi connectivity index (χ4n) is 0.612. The quantitative estimate of drug-likeness (QED) is 0.542. The second-order valence-electron chi connectivity index (χ2n) is 1.86. The summed E-state index contributed by atoms with van der Waals surface area (Å²) < 4.78 is 0. The van der Waals surface area contributed by atoms with Gasteiger partial charge in [0.05, 0.1) is 12.1 Å². The van der Waals surface area contributed by atoms with Gasteiger partial charge in [-0.3, -0.25) is 9.78 Å². The van der Waals surface area contributed by atoms with Gasteiger partial charge in [0.1, 0.15) is 0 Å². The normalized spacial score (nSPS) is 8.75. The van der Waals surface area contributed by atoms with Crippen LogP contribution in [0.25, 0.3) is 0 Å². The first kappa shape index (κ1) is 11.8. The van der Waals surface area contributed by atoms with Gasteiger partial charge in [0.2, 0.25) is 0 Å². The zero-order chi connectivity index (χ0) is 8.27. The van der Waals surface area contributed by atoms with E-state index in [-0.39, 0.29) is 41.1 Å². The molecule has 0 atom stereocenters. The summed E-state index contributed by atoms with van der Waals surface area (Å²) in [6.07, 6.45) is 2.63. The van der Waals surface area contributed by atoms with E-state index < -0.39 is 5.97 Å². The van der Waals surface area contributed by atoms with E-state index in [4.69, 9.17) is 16.7 Å². The van der Waals surface area contributed by atoms with Crippen LogP contribution in [0.1, 0.15) is 5.69 Å². The van der Waals surface area contributed by atoms with Crippen LogP contribution < -0.4 is 29.6 Å². The van der Waals surface area contributed by atoms with Crippen LogP contribution in [0.5, 0.6) is 0 Å². The summed E-state index contributed by atoms with van der Waals surface area (Å²) >= 11 is 5.53. The van der Waals surface area contributed by atoms with Gasteiger partial charge in [-0.15, -0.1) is 0 Å². The standard InChI is InChI=1S/C6H5ClN2O2.Na/c7-6-4(3-5(10)11)8-1-2-9-6;/h1-2H,3H2,(H,10,11);/q;+1. The number of carboxylic acids is 1. The minimum Gasteiger partial charge on any atom is -0.481 e. The molecule has 58 valence electrons. The van der Waals surface area contributed by atoms with Crippen molar-refractivity contribution in [3.05, 3.63) is 23.2 Å². The largest absolute Gasteiger partial charge is 1.00 e. The van der Waals surface area contributed by atoms with Gasteiger partial charge in [-0.25, -0.2) is 4.98 Å². The molecule has 6 heteroatoms. The minimum absolute atomic E-state index is 0. The maximum atomic E-state index is 10.2. The summed E-state index contributed by atoms with van der Waals surface area (Å²) in [6.45, 7) is 0. The molecule has 1 aromatic rings. The third-order valence-corrected chi connectivity index (χ3v) is 1.36. The first-order chi connectivity index (χ1) is 5.20. The molecule has 12 heavy (non-hydrogen) atoms. The molecule has 0 spiro atoms. The average Bonchev–Trinajstić information content (AvgIpc) is 1.93. The Balaban J connectivity index is 0.00000121. The van der Waals surface area contributed by atoms with Crippen molar-refractivity contribution in [3.63, 3.8) is 0 Å². The van der Waals surface area contributed by atoms with Gasteiger partial charge in [-0.1, -0.05) is 11.6 Å². The van der Waals surface area contributed by atoms with E-state index in [1.807, 2.05) is 0 Å². The molecule has 0 aliphatic heterocycles. The van der Waals surface area contributed by atoms with E-state index in [9.17, 15) is 4.79 Å². The van der Waals surface area contributed by atoms with Crippen molar-refractivity contribution < 1.29 is 39.5 Å².